The lowest BCUT2D eigenvalue weighted by Gasteiger charge is -2.11. The molecule has 1 aliphatic rings. The number of amides is 1. The molecule has 0 aliphatic carbocycles. The Morgan fingerprint density at radius 2 is 1.96 bits per heavy atom. The smallest absolute Gasteiger partial charge is 0.240 e. The quantitative estimate of drug-likeness (QED) is 0.631. The van der Waals surface area contributed by atoms with Gasteiger partial charge in [0.15, 0.2) is 0 Å². The van der Waals surface area contributed by atoms with E-state index in [1.807, 2.05) is 6.92 Å². The molecule has 0 spiro atoms. The highest BCUT2D eigenvalue weighted by atomic mass is 35.5. The van der Waals surface area contributed by atoms with E-state index in [2.05, 4.69) is 15.4 Å². The molecule has 1 unspecified atom stereocenters. The largest absolute Gasteiger partial charge is 0.355 e. The Kier molecular flexibility index (Phi) is 7.98. The fourth-order valence-corrected chi connectivity index (χ4v) is 3.45. The Morgan fingerprint density at radius 1 is 1.26 bits per heavy atom. The zero-order valence-corrected chi connectivity index (χ0v) is 14.8. The summed E-state index contributed by atoms with van der Waals surface area (Å²) in [6.07, 6.45) is 2.58. The fourth-order valence-electron chi connectivity index (χ4n) is 2.41. The van der Waals surface area contributed by atoms with Gasteiger partial charge < -0.3 is 10.6 Å². The maximum atomic E-state index is 12.0. The number of sulfonamides is 1. The van der Waals surface area contributed by atoms with Gasteiger partial charge in [0.05, 0.1) is 4.90 Å². The summed E-state index contributed by atoms with van der Waals surface area (Å²) in [4.78, 5) is 11.9. The van der Waals surface area contributed by atoms with Crippen LogP contribution < -0.4 is 15.4 Å². The summed E-state index contributed by atoms with van der Waals surface area (Å²) in [7, 11) is -3.51. The van der Waals surface area contributed by atoms with E-state index in [9.17, 15) is 13.2 Å². The van der Waals surface area contributed by atoms with Gasteiger partial charge in [-0.15, -0.1) is 12.4 Å². The lowest BCUT2D eigenvalue weighted by Crippen LogP contribution is -2.37. The molecule has 6 nitrogen and oxygen atoms in total. The molecular weight excluding hydrogens is 338 g/mol. The lowest BCUT2D eigenvalue weighted by molar-refractivity contribution is -0.121. The molecular formula is C15H24ClN3O3S. The molecule has 1 aliphatic heterocycles. The highest BCUT2D eigenvalue weighted by Crippen LogP contribution is 2.09. The van der Waals surface area contributed by atoms with Crippen molar-refractivity contribution in [3.8, 4) is 0 Å². The minimum absolute atomic E-state index is 0. The van der Waals surface area contributed by atoms with Gasteiger partial charge in [-0.05, 0) is 38.4 Å². The van der Waals surface area contributed by atoms with Crippen LogP contribution in [0, 0.1) is 6.92 Å². The predicted octanol–water partition coefficient (Wildman–Crippen LogP) is 0.953. The van der Waals surface area contributed by atoms with Crippen molar-refractivity contribution >= 4 is 28.3 Å². The van der Waals surface area contributed by atoms with Crippen molar-refractivity contribution in [2.24, 2.45) is 0 Å². The predicted molar refractivity (Wildman–Crippen MR) is 92.3 cm³/mol. The Hall–Kier alpha value is -1.15. The summed E-state index contributed by atoms with van der Waals surface area (Å²) in [5.74, 6) is -0.0473. The Bertz CT molecular complexity index is 599. The zero-order chi connectivity index (χ0) is 16.0. The number of carbonyl (C=O) groups excluding carboxylic acids is 1. The van der Waals surface area contributed by atoms with Crippen molar-refractivity contribution in [1.29, 1.82) is 0 Å². The van der Waals surface area contributed by atoms with Crippen LogP contribution in [0.3, 0.4) is 0 Å². The maximum Gasteiger partial charge on any atom is 0.240 e. The maximum absolute atomic E-state index is 12.0. The first-order chi connectivity index (χ1) is 10.5. The number of rotatable bonds is 7. The Balaban J connectivity index is 0.00000264. The molecule has 23 heavy (non-hydrogen) atoms. The number of nitrogens with one attached hydrogen (secondary N) is 3. The lowest BCUT2D eigenvalue weighted by atomic mass is 10.1. The third-order valence-corrected chi connectivity index (χ3v) is 5.14. The second-order valence-corrected chi connectivity index (χ2v) is 7.33. The number of hydrogen-bond donors (Lipinski definition) is 3. The normalized spacial score (nSPS) is 17.5. The van der Waals surface area contributed by atoms with Crippen LogP contribution in [0.25, 0.3) is 0 Å². The van der Waals surface area contributed by atoms with Crippen LogP contribution >= 0.6 is 12.4 Å². The first-order valence-electron chi connectivity index (χ1n) is 7.54. The van der Waals surface area contributed by atoms with E-state index in [0.29, 0.717) is 6.42 Å². The number of aryl methyl sites for hydroxylation is 1. The molecule has 130 valence electrons. The van der Waals surface area contributed by atoms with Gasteiger partial charge in [-0.1, -0.05) is 17.7 Å². The molecule has 1 amide bonds. The summed E-state index contributed by atoms with van der Waals surface area (Å²) in [5, 5.41) is 5.99. The first kappa shape index (κ1) is 19.9. The van der Waals surface area contributed by atoms with Gasteiger partial charge in [-0.2, -0.15) is 0 Å². The summed E-state index contributed by atoms with van der Waals surface area (Å²) < 4.78 is 26.6. The van der Waals surface area contributed by atoms with Gasteiger partial charge in [-0.25, -0.2) is 13.1 Å². The van der Waals surface area contributed by atoms with E-state index in [-0.39, 0.29) is 42.3 Å². The van der Waals surface area contributed by atoms with Crippen molar-refractivity contribution in [2.45, 2.75) is 37.1 Å². The van der Waals surface area contributed by atoms with Crippen molar-refractivity contribution in [2.75, 3.05) is 19.6 Å². The van der Waals surface area contributed by atoms with Gasteiger partial charge in [0, 0.05) is 25.6 Å². The van der Waals surface area contributed by atoms with Crippen LogP contribution in [-0.4, -0.2) is 40.0 Å². The molecule has 1 saturated heterocycles. The standard InChI is InChI=1S/C15H23N3O3S.ClH/c1-12-4-6-14(7-5-12)22(20,21)18-10-9-17-15(19)11-13-3-2-8-16-13;/h4-7,13,16,18H,2-3,8-11H2,1H3,(H,17,19);1H. The van der Waals surface area contributed by atoms with Crippen molar-refractivity contribution in [1.82, 2.24) is 15.4 Å². The Morgan fingerprint density at radius 3 is 2.57 bits per heavy atom. The van der Waals surface area contributed by atoms with Crippen LogP contribution in [-0.2, 0) is 14.8 Å². The third-order valence-electron chi connectivity index (χ3n) is 3.66. The first-order valence-corrected chi connectivity index (χ1v) is 9.02. The number of benzene rings is 1. The topological polar surface area (TPSA) is 87.3 Å². The van der Waals surface area contributed by atoms with Crippen LogP contribution in [0.15, 0.2) is 29.2 Å². The molecule has 2 rings (SSSR count). The molecule has 8 heteroatoms. The van der Waals surface area contributed by atoms with E-state index >= 15 is 0 Å². The molecule has 1 aromatic carbocycles. The van der Waals surface area contributed by atoms with Crippen LogP contribution in [0.1, 0.15) is 24.8 Å². The summed E-state index contributed by atoms with van der Waals surface area (Å²) >= 11 is 0. The molecule has 0 aromatic heterocycles. The van der Waals surface area contributed by atoms with Crippen LogP contribution in [0.2, 0.25) is 0 Å². The molecule has 0 saturated carbocycles. The van der Waals surface area contributed by atoms with Gasteiger partial charge in [-0.3, -0.25) is 4.79 Å². The van der Waals surface area contributed by atoms with Crippen molar-refractivity contribution in [3.05, 3.63) is 29.8 Å². The van der Waals surface area contributed by atoms with Gasteiger partial charge >= 0.3 is 0 Å². The van der Waals surface area contributed by atoms with Gasteiger partial charge in [0.1, 0.15) is 0 Å². The second-order valence-electron chi connectivity index (χ2n) is 5.56. The van der Waals surface area contributed by atoms with Crippen LogP contribution in [0.5, 0.6) is 0 Å². The highest BCUT2D eigenvalue weighted by molar-refractivity contribution is 7.89. The second kappa shape index (κ2) is 9.22. The third kappa shape index (κ3) is 6.47. The summed E-state index contributed by atoms with van der Waals surface area (Å²) in [6.45, 7) is 3.34. The molecule has 1 atom stereocenters. The summed E-state index contributed by atoms with van der Waals surface area (Å²) in [5.41, 5.74) is 1.01. The van der Waals surface area contributed by atoms with Crippen molar-refractivity contribution in [3.63, 3.8) is 0 Å². The zero-order valence-electron chi connectivity index (χ0n) is 13.2. The average Bonchev–Trinajstić information content (AvgIpc) is 2.97. The average molecular weight is 362 g/mol. The number of carbonyl (C=O) groups is 1. The summed E-state index contributed by atoms with van der Waals surface area (Å²) in [6, 6.07) is 6.91. The minimum Gasteiger partial charge on any atom is -0.355 e. The van der Waals surface area contributed by atoms with E-state index in [1.165, 1.54) is 0 Å². The van der Waals surface area contributed by atoms with Crippen LogP contribution in [0.4, 0.5) is 0 Å². The number of hydrogen-bond acceptors (Lipinski definition) is 4. The van der Waals surface area contributed by atoms with Crippen molar-refractivity contribution < 1.29 is 13.2 Å². The Labute approximate surface area is 143 Å². The minimum atomic E-state index is -3.51. The molecule has 0 bridgehead atoms. The van der Waals surface area contributed by atoms with E-state index in [1.54, 1.807) is 24.3 Å². The molecule has 3 N–H and O–H groups in total. The monoisotopic (exact) mass is 361 g/mol. The fraction of sp³-hybridized carbons (Fsp3) is 0.533. The van der Waals surface area contributed by atoms with E-state index in [4.69, 9.17) is 0 Å². The SMILES string of the molecule is Cc1ccc(S(=O)(=O)NCCNC(=O)CC2CCCN2)cc1.Cl. The molecule has 1 heterocycles. The van der Waals surface area contributed by atoms with E-state index in [0.717, 1.165) is 24.9 Å². The molecule has 1 fully saturated rings. The van der Waals surface area contributed by atoms with Gasteiger partial charge in [0.25, 0.3) is 0 Å². The molecule has 0 radical (unpaired) electrons. The highest BCUT2D eigenvalue weighted by Gasteiger charge is 2.17. The molecule has 1 aromatic rings. The number of halogens is 1. The van der Waals surface area contributed by atoms with Gasteiger partial charge in [0.2, 0.25) is 15.9 Å². The van der Waals surface area contributed by atoms with E-state index < -0.39 is 10.0 Å².